The average molecular weight is 650 g/mol. The van der Waals surface area contributed by atoms with Gasteiger partial charge in [-0.3, -0.25) is 14.4 Å². The number of ketones is 2. The molecule has 0 fully saturated rings. The third-order valence-electron chi connectivity index (χ3n) is 8.08. The lowest BCUT2D eigenvalue weighted by Gasteiger charge is -2.26. The SMILES string of the molecule is CC(C)(C(=O)CCc1ccc(Cl)c(C(=O)Cc2ccc(OCC(F)F)c(C(=O)NC3CCc4ccccc4C3)c2)c1)C(F)(F)F. The van der Waals surface area contributed by atoms with E-state index in [2.05, 4.69) is 5.32 Å². The number of carbonyl (C=O) groups is 3. The molecule has 1 aliphatic rings. The molecule has 1 N–H and O–H groups in total. The van der Waals surface area contributed by atoms with Crippen molar-refractivity contribution in [1.82, 2.24) is 5.32 Å². The number of halogens is 6. The normalized spacial score (nSPS) is 15.0. The predicted molar refractivity (Wildman–Crippen MR) is 160 cm³/mol. The molecule has 3 aromatic rings. The van der Waals surface area contributed by atoms with Crippen molar-refractivity contribution in [2.75, 3.05) is 6.61 Å². The van der Waals surface area contributed by atoms with Gasteiger partial charge in [0, 0.05) is 24.4 Å². The van der Waals surface area contributed by atoms with Gasteiger partial charge in [0.25, 0.3) is 12.3 Å². The van der Waals surface area contributed by atoms with E-state index in [-0.39, 0.29) is 47.2 Å². The molecule has 45 heavy (non-hydrogen) atoms. The van der Waals surface area contributed by atoms with Crippen molar-refractivity contribution >= 4 is 29.1 Å². The second-order valence-corrected chi connectivity index (χ2v) is 12.1. The van der Waals surface area contributed by atoms with Crippen LogP contribution in [-0.2, 0) is 30.5 Å². The molecule has 1 amide bonds. The fourth-order valence-electron chi connectivity index (χ4n) is 5.18. The van der Waals surface area contributed by atoms with Crippen LogP contribution in [0.3, 0.4) is 0 Å². The number of nitrogens with one attached hydrogen (secondary N) is 1. The van der Waals surface area contributed by atoms with Gasteiger partial charge in [-0.1, -0.05) is 48.0 Å². The van der Waals surface area contributed by atoms with Crippen LogP contribution in [0.1, 0.15) is 69.7 Å². The molecule has 0 bridgehead atoms. The van der Waals surface area contributed by atoms with Crippen LogP contribution in [-0.4, -0.2) is 42.7 Å². The quantitative estimate of drug-likeness (QED) is 0.161. The molecule has 4 rings (SSSR count). The van der Waals surface area contributed by atoms with Crippen molar-refractivity contribution < 1.29 is 41.1 Å². The number of rotatable bonds is 12. The van der Waals surface area contributed by atoms with Crippen LogP contribution in [0.4, 0.5) is 22.0 Å². The summed E-state index contributed by atoms with van der Waals surface area (Å²) >= 11 is 6.28. The van der Waals surface area contributed by atoms with Crippen LogP contribution in [0, 0.1) is 5.41 Å². The highest BCUT2D eigenvalue weighted by Crippen LogP contribution is 2.39. The van der Waals surface area contributed by atoms with E-state index in [4.69, 9.17) is 16.3 Å². The number of hydrogen-bond acceptors (Lipinski definition) is 4. The van der Waals surface area contributed by atoms with Gasteiger partial charge >= 0.3 is 6.18 Å². The lowest BCUT2D eigenvalue weighted by atomic mass is 9.84. The molecule has 0 heterocycles. The largest absolute Gasteiger partial charge is 0.487 e. The van der Waals surface area contributed by atoms with Gasteiger partial charge in [-0.25, -0.2) is 8.78 Å². The first kappa shape index (κ1) is 34.1. The van der Waals surface area contributed by atoms with Crippen LogP contribution in [0.5, 0.6) is 5.75 Å². The molecule has 0 saturated carbocycles. The maximum Gasteiger partial charge on any atom is 0.400 e. The lowest BCUT2D eigenvalue weighted by molar-refractivity contribution is -0.210. The molecule has 0 radical (unpaired) electrons. The van der Waals surface area contributed by atoms with Crippen molar-refractivity contribution in [2.45, 2.75) is 71.0 Å². The highest BCUT2D eigenvalue weighted by atomic mass is 35.5. The third-order valence-corrected chi connectivity index (χ3v) is 8.41. The first-order valence-electron chi connectivity index (χ1n) is 14.5. The summed E-state index contributed by atoms with van der Waals surface area (Å²) in [6.07, 6.45) is -5.99. The van der Waals surface area contributed by atoms with E-state index in [0.717, 1.165) is 25.8 Å². The van der Waals surface area contributed by atoms with E-state index >= 15 is 0 Å². The number of fused-ring (bicyclic) bond motifs is 1. The Morgan fingerprint density at radius 1 is 0.956 bits per heavy atom. The van der Waals surface area contributed by atoms with E-state index in [1.807, 2.05) is 24.3 Å². The Kier molecular flexibility index (Phi) is 10.7. The number of hydrogen-bond donors (Lipinski definition) is 1. The molecule has 3 aromatic carbocycles. The van der Waals surface area contributed by atoms with Crippen molar-refractivity contribution in [3.63, 3.8) is 0 Å². The van der Waals surface area contributed by atoms with E-state index in [0.29, 0.717) is 24.0 Å². The first-order chi connectivity index (χ1) is 21.2. The van der Waals surface area contributed by atoms with Gasteiger partial charge < -0.3 is 10.1 Å². The van der Waals surface area contributed by atoms with E-state index in [9.17, 15) is 36.3 Å². The molecule has 0 aromatic heterocycles. The summed E-state index contributed by atoms with van der Waals surface area (Å²) in [6.45, 7) is 0.748. The van der Waals surface area contributed by atoms with Gasteiger partial charge in [0.2, 0.25) is 0 Å². The molecular weight excluding hydrogens is 617 g/mol. The molecule has 1 atom stereocenters. The Balaban J connectivity index is 1.50. The number of Topliss-reactive ketones (excluding diaryl/α,β-unsaturated/α-hetero) is 2. The average Bonchev–Trinajstić information content (AvgIpc) is 2.98. The summed E-state index contributed by atoms with van der Waals surface area (Å²) in [7, 11) is 0. The maximum atomic E-state index is 13.4. The number of amides is 1. The predicted octanol–water partition coefficient (Wildman–Crippen LogP) is 7.79. The molecule has 1 unspecified atom stereocenters. The monoisotopic (exact) mass is 649 g/mol. The fraction of sp³-hybridized carbons (Fsp3) is 0.382. The fourth-order valence-corrected chi connectivity index (χ4v) is 5.40. The molecule has 240 valence electrons. The summed E-state index contributed by atoms with van der Waals surface area (Å²) in [5, 5.41) is 3.07. The Morgan fingerprint density at radius 2 is 1.62 bits per heavy atom. The number of benzene rings is 3. The highest BCUT2D eigenvalue weighted by molar-refractivity contribution is 6.34. The number of carbonyl (C=O) groups excluding carboxylic acids is 3. The van der Waals surface area contributed by atoms with E-state index in [1.165, 1.54) is 42.0 Å². The minimum absolute atomic E-state index is 0.00504. The summed E-state index contributed by atoms with van der Waals surface area (Å²) in [5.74, 6) is -1.99. The molecular formula is C34H33ClF5NO4. The maximum absolute atomic E-state index is 13.4. The van der Waals surface area contributed by atoms with Gasteiger partial charge in [0.1, 0.15) is 23.6 Å². The summed E-state index contributed by atoms with van der Waals surface area (Å²) in [6, 6.07) is 16.4. The van der Waals surface area contributed by atoms with Crippen LogP contribution < -0.4 is 10.1 Å². The number of ether oxygens (including phenoxy) is 1. The Labute approximate surface area is 263 Å². The zero-order valence-corrected chi connectivity index (χ0v) is 25.5. The standard InChI is InChI=1S/C34H33ClF5NO4/c1-33(2,34(38,39)40)30(43)14-9-20-7-12-27(35)25(15-20)28(42)17-21-8-13-29(45-19-31(36)37)26(16-21)32(44)41-24-11-10-22-5-3-4-6-23(22)18-24/h3-8,12-13,15-16,24,31H,9-11,14,17-19H2,1-2H3,(H,41,44). The smallest absolute Gasteiger partial charge is 0.400 e. The van der Waals surface area contributed by atoms with Crippen molar-refractivity contribution in [3.8, 4) is 5.75 Å². The van der Waals surface area contributed by atoms with Crippen LogP contribution in [0.2, 0.25) is 5.02 Å². The van der Waals surface area contributed by atoms with Gasteiger partial charge in [0.15, 0.2) is 5.78 Å². The first-order valence-corrected chi connectivity index (χ1v) is 14.9. The van der Waals surface area contributed by atoms with Gasteiger partial charge in [-0.2, -0.15) is 13.2 Å². The van der Waals surface area contributed by atoms with Gasteiger partial charge in [-0.15, -0.1) is 0 Å². The van der Waals surface area contributed by atoms with Crippen LogP contribution >= 0.6 is 11.6 Å². The zero-order valence-electron chi connectivity index (χ0n) is 24.8. The number of alkyl halides is 5. The van der Waals surface area contributed by atoms with Crippen LogP contribution in [0.15, 0.2) is 60.7 Å². The van der Waals surface area contributed by atoms with Crippen molar-refractivity contribution in [1.29, 1.82) is 0 Å². The highest BCUT2D eigenvalue weighted by Gasteiger charge is 2.51. The van der Waals surface area contributed by atoms with E-state index in [1.54, 1.807) is 0 Å². The minimum atomic E-state index is -4.69. The molecule has 0 spiro atoms. The molecule has 1 aliphatic carbocycles. The van der Waals surface area contributed by atoms with Gasteiger partial charge in [-0.05, 0) is 86.1 Å². The summed E-state index contributed by atoms with van der Waals surface area (Å²) in [4.78, 5) is 39.0. The molecule has 0 saturated heterocycles. The van der Waals surface area contributed by atoms with Crippen molar-refractivity contribution in [3.05, 3.63) is 99.1 Å². The third kappa shape index (κ3) is 8.48. The Hall–Kier alpha value is -3.79. The van der Waals surface area contributed by atoms with Crippen molar-refractivity contribution in [2.24, 2.45) is 5.41 Å². The number of aryl methyl sites for hydroxylation is 2. The van der Waals surface area contributed by atoms with Crippen LogP contribution in [0.25, 0.3) is 0 Å². The molecule has 11 heteroatoms. The van der Waals surface area contributed by atoms with E-state index < -0.39 is 42.1 Å². The summed E-state index contributed by atoms with van der Waals surface area (Å²) in [5.41, 5.74) is 0.784. The Morgan fingerprint density at radius 3 is 2.31 bits per heavy atom. The zero-order chi connectivity index (χ0) is 32.9. The molecule has 5 nitrogen and oxygen atoms in total. The van der Waals surface area contributed by atoms with Gasteiger partial charge in [0.05, 0.1) is 10.6 Å². The molecule has 0 aliphatic heterocycles. The second kappa shape index (κ2) is 14.1. The minimum Gasteiger partial charge on any atom is -0.487 e. The lowest BCUT2D eigenvalue weighted by Crippen LogP contribution is -2.39. The topological polar surface area (TPSA) is 72.5 Å². The second-order valence-electron chi connectivity index (χ2n) is 11.7. The summed E-state index contributed by atoms with van der Waals surface area (Å²) < 4.78 is 70.8. The Bertz CT molecular complexity index is 1570.